The molecule has 6 heteroatoms. The van der Waals surface area contributed by atoms with Crippen LogP contribution in [0.5, 0.6) is 0 Å². The minimum Gasteiger partial charge on any atom is -0.391 e. The van der Waals surface area contributed by atoms with E-state index in [1.807, 2.05) is 6.92 Å². The van der Waals surface area contributed by atoms with E-state index in [0.29, 0.717) is 29.5 Å². The molecule has 2 heterocycles. The van der Waals surface area contributed by atoms with Gasteiger partial charge in [-0.25, -0.2) is 4.79 Å². The predicted molar refractivity (Wildman–Crippen MR) is 80.3 cm³/mol. The van der Waals surface area contributed by atoms with Crippen LogP contribution in [0.3, 0.4) is 0 Å². The van der Waals surface area contributed by atoms with Crippen LogP contribution in [-0.2, 0) is 0 Å². The highest BCUT2D eigenvalue weighted by Crippen LogP contribution is 2.22. The van der Waals surface area contributed by atoms with E-state index in [9.17, 15) is 14.7 Å². The van der Waals surface area contributed by atoms with E-state index in [2.05, 4.69) is 10.3 Å². The Bertz CT molecular complexity index is 730. The van der Waals surface area contributed by atoms with Crippen LogP contribution in [0.15, 0.2) is 35.3 Å². The van der Waals surface area contributed by atoms with Crippen LogP contribution in [0.25, 0.3) is 10.8 Å². The molecule has 1 aliphatic heterocycles. The number of pyridine rings is 1. The fourth-order valence-corrected chi connectivity index (χ4v) is 2.64. The van der Waals surface area contributed by atoms with Crippen LogP contribution in [-0.4, -0.2) is 40.2 Å². The smallest absolute Gasteiger partial charge is 0.321 e. The lowest BCUT2D eigenvalue weighted by atomic mass is 10.1. The van der Waals surface area contributed by atoms with Gasteiger partial charge in [-0.15, -0.1) is 0 Å². The average molecular weight is 287 g/mol. The first-order valence-electron chi connectivity index (χ1n) is 6.90. The number of nitrogens with one attached hydrogen (secondary N) is 2. The fourth-order valence-electron chi connectivity index (χ4n) is 2.64. The second-order valence-electron chi connectivity index (χ2n) is 5.45. The zero-order chi connectivity index (χ0) is 15.0. The highest BCUT2D eigenvalue weighted by molar-refractivity contribution is 6.01. The van der Waals surface area contributed by atoms with E-state index in [0.717, 1.165) is 0 Å². The number of anilines is 1. The zero-order valence-corrected chi connectivity index (χ0v) is 11.7. The van der Waals surface area contributed by atoms with Gasteiger partial charge in [0.05, 0.1) is 11.8 Å². The highest BCUT2D eigenvalue weighted by atomic mass is 16.3. The molecule has 2 atom stereocenters. The fraction of sp³-hybridized carbons (Fsp3) is 0.333. The molecule has 1 aliphatic rings. The van der Waals surface area contributed by atoms with Crippen molar-refractivity contribution >= 4 is 22.5 Å². The van der Waals surface area contributed by atoms with Gasteiger partial charge in [-0.05, 0) is 18.2 Å². The second kappa shape index (κ2) is 5.21. The second-order valence-corrected chi connectivity index (χ2v) is 5.45. The number of H-pyrrole nitrogens is 1. The van der Waals surface area contributed by atoms with Crippen LogP contribution < -0.4 is 10.9 Å². The van der Waals surface area contributed by atoms with Crippen molar-refractivity contribution in [2.24, 2.45) is 5.92 Å². The number of urea groups is 1. The van der Waals surface area contributed by atoms with Crippen LogP contribution >= 0.6 is 0 Å². The molecule has 0 radical (unpaired) electrons. The number of aliphatic hydroxyl groups excluding tert-OH is 1. The summed E-state index contributed by atoms with van der Waals surface area (Å²) < 4.78 is 0. The molecule has 110 valence electrons. The summed E-state index contributed by atoms with van der Waals surface area (Å²) in [6, 6.07) is 6.70. The van der Waals surface area contributed by atoms with E-state index >= 15 is 0 Å². The summed E-state index contributed by atoms with van der Waals surface area (Å²) >= 11 is 0. The number of hydrogen-bond donors (Lipinski definition) is 3. The van der Waals surface area contributed by atoms with E-state index < -0.39 is 6.10 Å². The monoisotopic (exact) mass is 287 g/mol. The maximum absolute atomic E-state index is 12.3. The van der Waals surface area contributed by atoms with E-state index in [4.69, 9.17) is 0 Å². The number of β-amino-alcohol motifs (C(OH)–C–C–N with tert-alkyl or cyclic N) is 1. The van der Waals surface area contributed by atoms with Gasteiger partial charge in [0.25, 0.3) is 5.56 Å². The van der Waals surface area contributed by atoms with Gasteiger partial charge in [-0.3, -0.25) is 4.79 Å². The molecule has 6 nitrogen and oxygen atoms in total. The molecule has 21 heavy (non-hydrogen) atoms. The summed E-state index contributed by atoms with van der Waals surface area (Å²) in [6.07, 6.45) is 1.08. The predicted octanol–water partition coefficient (Wildman–Crippen LogP) is 1.37. The van der Waals surface area contributed by atoms with Crippen LogP contribution in [0.4, 0.5) is 10.5 Å². The van der Waals surface area contributed by atoms with Crippen molar-refractivity contribution in [3.63, 3.8) is 0 Å². The topological polar surface area (TPSA) is 85.4 Å². The molecule has 2 aromatic rings. The SMILES string of the molecule is CC1CN(C(=O)Nc2cccc3c(=O)[nH]ccc23)CC1O. The number of fused-ring (bicyclic) bond motifs is 1. The van der Waals surface area contributed by atoms with Gasteiger partial charge in [0.15, 0.2) is 0 Å². The Labute approximate surface area is 121 Å². The Morgan fingerprint density at radius 2 is 2.14 bits per heavy atom. The first-order chi connectivity index (χ1) is 10.1. The Hall–Kier alpha value is -2.34. The van der Waals surface area contributed by atoms with Crippen LogP contribution in [0, 0.1) is 5.92 Å². The van der Waals surface area contributed by atoms with Crippen LogP contribution in [0.1, 0.15) is 6.92 Å². The third-order valence-corrected chi connectivity index (χ3v) is 3.92. The number of aromatic amines is 1. The molecular formula is C15H17N3O3. The molecule has 1 aromatic heterocycles. The summed E-state index contributed by atoms with van der Waals surface area (Å²) in [5.74, 6) is 0.0751. The van der Waals surface area contributed by atoms with Gasteiger partial charge in [-0.2, -0.15) is 0 Å². The lowest BCUT2D eigenvalue weighted by Gasteiger charge is -2.17. The minimum atomic E-state index is -0.480. The Kier molecular flexibility index (Phi) is 3.39. The number of carbonyl (C=O) groups is 1. The number of benzene rings is 1. The molecule has 3 N–H and O–H groups in total. The van der Waals surface area contributed by atoms with Crippen molar-refractivity contribution in [2.75, 3.05) is 18.4 Å². The van der Waals surface area contributed by atoms with E-state index in [1.54, 1.807) is 35.4 Å². The molecule has 1 saturated heterocycles. The number of aliphatic hydroxyl groups is 1. The molecule has 1 fully saturated rings. The number of rotatable bonds is 1. The van der Waals surface area contributed by atoms with Gasteiger partial charge >= 0.3 is 6.03 Å². The van der Waals surface area contributed by atoms with Gasteiger partial charge in [-0.1, -0.05) is 13.0 Å². The molecule has 1 aromatic carbocycles. The molecule has 0 aliphatic carbocycles. The largest absolute Gasteiger partial charge is 0.391 e. The third kappa shape index (κ3) is 2.50. The summed E-state index contributed by atoms with van der Waals surface area (Å²) in [4.78, 5) is 28.2. The molecule has 0 bridgehead atoms. The first-order valence-corrected chi connectivity index (χ1v) is 6.90. The quantitative estimate of drug-likeness (QED) is 0.740. The summed E-state index contributed by atoms with van der Waals surface area (Å²) in [6.45, 7) is 2.77. The number of carbonyl (C=O) groups excluding carboxylic acids is 1. The van der Waals surface area contributed by atoms with Gasteiger partial charge in [0, 0.05) is 36.0 Å². The molecule has 3 rings (SSSR count). The first kappa shape index (κ1) is 13.6. The average Bonchev–Trinajstić information content (AvgIpc) is 2.80. The van der Waals surface area contributed by atoms with Crippen molar-refractivity contribution in [1.82, 2.24) is 9.88 Å². The Morgan fingerprint density at radius 1 is 1.33 bits per heavy atom. The number of likely N-dealkylation sites (tertiary alicyclic amines) is 1. The zero-order valence-electron chi connectivity index (χ0n) is 11.7. The van der Waals surface area contributed by atoms with Crippen molar-refractivity contribution < 1.29 is 9.90 Å². The molecule has 2 amide bonds. The normalized spacial score (nSPS) is 21.7. The molecular weight excluding hydrogens is 270 g/mol. The van der Waals surface area contributed by atoms with Crippen molar-refractivity contribution in [1.29, 1.82) is 0 Å². The maximum Gasteiger partial charge on any atom is 0.321 e. The Morgan fingerprint density at radius 3 is 2.86 bits per heavy atom. The molecule has 0 spiro atoms. The van der Waals surface area contributed by atoms with E-state index in [1.165, 1.54) is 0 Å². The number of nitrogens with zero attached hydrogens (tertiary/aromatic N) is 1. The third-order valence-electron chi connectivity index (χ3n) is 3.92. The summed E-state index contributed by atoms with van der Waals surface area (Å²) in [7, 11) is 0. The van der Waals surface area contributed by atoms with Gasteiger partial charge < -0.3 is 20.3 Å². The molecule has 0 saturated carbocycles. The molecule has 2 unspecified atom stereocenters. The van der Waals surface area contributed by atoms with Gasteiger partial charge in [0.2, 0.25) is 0 Å². The number of aromatic nitrogens is 1. The highest BCUT2D eigenvalue weighted by Gasteiger charge is 2.31. The summed E-state index contributed by atoms with van der Waals surface area (Å²) in [5.41, 5.74) is 0.409. The lowest BCUT2D eigenvalue weighted by molar-refractivity contribution is 0.150. The maximum atomic E-state index is 12.3. The van der Waals surface area contributed by atoms with Crippen molar-refractivity contribution in [3.8, 4) is 0 Å². The minimum absolute atomic E-state index is 0.0751. The van der Waals surface area contributed by atoms with E-state index in [-0.39, 0.29) is 17.5 Å². The number of amides is 2. The lowest BCUT2D eigenvalue weighted by Crippen LogP contribution is -2.33. The van der Waals surface area contributed by atoms with Crippen molar-refractivity contribution in [2.45, 2.75) is 13.0 Å². The standard InChI is InChI=1S/C15H17N3O3/c1-9-7-18(8-13(9)19)15(21)17-12-4-2-3-11-10(12)5-6-16-14(11)20/h2-6,9,13,19H,7-8H2,1H3,(H,16,20)(H,17,21). The van der Waals surface area contributed by atoms with Crippen LogP contribution in [0.2, 0.25) is 0 Å². The number of hydrogen-bond acceptors (Lipinski definition) is 3. The Balaban J connectivity index is 1.87. The van der Waals surface area contributed by atoms with Crippen molar-refractivity contribution in [3.05, 3.63) is 40.8 Å². The summed E-state index contributed by atoms with van der Waals surface area (Å²) in [5, 5.41) is 13.8. The van der Waals surface area contributed by atoms with Gasteiger partial charge in [0.1, 0.15) is 0 Å².